The first-order valence-corrected chi connectivity index (χ1v) is 8.05. The maximum atomic E-state index is 11.9. The van der Waals surface area contributed by atoms with Gasteiger partial charge in [-0.3, -0.25) is 14.4 Å². The molecule has 0 aromatic carbocycles. The monoisotopic (exact) mass is 313 g/mol. The molecule has 118 valence electrons. The third-order valence-corrected chi connectivity index (χ3v) is 4.44. The van der Waals surface area contributed by atoms with Gasteiger partial charge in [-0.25, -0.2) is 0 Å². The van der Waals surface area contributed by atoms with E-state index in [1.165, 1.54) is 0 Å². The molecule has 2 heterocycles. The molecule has 1 fully saturated rings. The van der Waals surface area contributed by atoms with Gasteiger partial charge in [-0.2, -0.15) is 5.10 Å². The minimum atomic E-state index is -0.0755. The first-order valence-electron chi connectivity index (χ1n) is 7.67. The second-order valence-corrected chi connectivity index (χ2v) is 5.87. The first kappa shape index (κ1) is 16.3. The van der Waals surface area contributed by atoms with Crippen molar-refractivity contribution in [2.24, 2.45) is 5.92 Å². The Balaban J connectivity index is 2.04. The molecule has 1 aromatic heterocycles. The number of hydrogen-bond acceptors (Lipinski definition) is 4. The summed E-state index contributed by atoms with van der Waals surface area (Å²) in [6.07, 6.45) is 1.93. The molecular formula is C15H24ClN3O2. The third-order valence-electron chi connectivity index (χ3n) is 3.95. The van der Waals surface area contributed by atoms with Crippen LogP contribution in [0.25, 0.3) is 0 Å². The Morgan fingerprint density at radius 1 is 1.48 bits per heavy atom. The van der Waals surface area contributed by atoms with Gasteiger partial charge < -0.3 is 4.74 Å². The van der Waals surface area contributed by atoms with Crippen LogP contribution in [0, 0.1) is 12.8 Å². The zero-order valence-electron chi connectivity index (χ0n) is 13.1. The number of nitrogens with zero attached hydrogens (tertiary/aromatic N) is 3. The number of halogens is 1. The van der Waals surface area contributed by atoms with Crippen LogP contribution in [0.2, 0.25) is 5.02 Å². The number of rotatable bonds is 5. The van der Waals surface area contributed by atoms with Crippen LogP contribution in [-0.2, 0) is 22.6 Å². The topological polar surface area (TPSA) is 47.4 Å². The van der Waals surface area contributed by atoms with Crippen molar-refractivity contribution >= 4 is 17.6 Å². The van der Waals surface area contributed by atoms with Crippen molar-refractivity contribution in [3.63, 3.8) is 0 Å². The lowest BCUT2D eigenvalue weighted by molar-refractivity contribution is -0.150. The Kier molecular flexibility index (Phi) is 5.65. The summed E-state index contributed by atoms with van der Waals surface area (Å²) < 4.78 is 7.09. The molecule has 6 heteroatoms. The highest BCUT2D eigenvalue weighted by Crippen LogP contribution is 2.25. The van der Waals surface area contributed by atoms with Crippen molar-refractivity contribution in [3.05, 3.63) is 16.4 Å². The molecule has 5 nitrogen and oxygen atoms in total. The van der Waals surface area contributed by atoms with Crippen molar-refractivity contribution in [2.45, 2.75) is 46.7 Å². The standard InChI is InChI=1S/C15H24ClN3O2/c1-4-19-13(14(16)11(3)17-19)10-18-8-6-7-12(9-18)15(20)21-5-2/h12H,4-10H2,1-3H3. The number of likely N-dealkylation sites (tertiary alicyclic amines) is 1. The van der Waals surface area contributed by atoms with Gasteiger partial charge in [-0.05, 0) is 40.2 Å². The van der Waals surface area contributed by atoms with Gasteiger partial charge in [0.25, 0.3) is 0 Å². The average Bonchev–Trinajstić information content (AvgIpc) is 2.75. The fraction of sp³-hybridized carbons (Fsp3) is 0.733. The van der Waals surface area contributed by atoms with Crippen LogP contribution in [0.15, 0.2) is 0 Å². The first-order chi connectivity index (χ1) is 10.1. The second-order valence-electron chi connectivity index (χ2n) is 5.49. The maximum absolute atomic E-state index is 11.9. The van der Waals surface area contributed by atoms with Gasteiger partial charge in [-0.1, -0.05) is 11.6 Å². The van der Waals surface area contributed by atoms with E-state index in [2.05, 4.69) is 16.9 Å². The number of carbonyl (C=O) groups is 1. The summed E-state index contributed by atoms with van der Waals surface area (Å²) in [7, 11) is 0. The van der Waals surface area contributed by atoms with Gasteiger partial charge in [0.15, 0.2) is 0 Å². The van der Waals surface area contributed by atoms with E-state index in [9.17, 15) is 4.79 Å². The van der Waals surface area contributed by atoms with Crippen molar-refractivity contribution in [3.8, 4) is 0 Å². The van der Waals surface area contributed by atoms with Gasteiger partial charge in [0.1, 0.15) is 0 Å². The maximum Gasteiger partial charge on any atom is 0.310 e. The van der Waals surface area contributed by atoms with E-state index in [1.807, 2.05) is 18.5 Å². The highest BCUT2D eigenvalue weighted by atomic mass is 35.5. The molecule has 1 aromatic rings. The van der Waals surface area contributed by atoms with E-state index < -0.39 is 0 Å². The minimum absolute atomic E-state index is 0.0171. The van der Waals surface area contributed by atoms with E-state index in [0.717, 1.165) is 55.4 Å². The van der Waals surface area contributed by atoms with Crippen molar-refractivity contribution in [2.75, 3.05) is 19.7 Å². The summed E-state index contributed by atoms with van der Waals surface area (Å²) in [4.78, 5) is 14.2. The van der Waals surface area contributed by atoms with E-state index >= 15 is 0 Å². The highest BCUT2D eigenvalue weighted by Gasteiger charge is 2.28. The van der Waals surface area contributed by atoms with Gasteiger partial charge in [0.2, 0.25) is 0 Å². The Hall–Kier alpha value is -1.07. The van der Waals surface area contributed by atoms with E-state index in [4.69, 9.17) is 16.3 Å². The molecule has 1 aliphatic heterocycles. The SMILES string of the molecule is CCOC(=O)C1CCCN(Cc2c(Cl)c(C)nn2CC)C1. The number of aromatic nitrogens is 2. The number of piperidine rings is 1. The number of aryl methyl sites for hydroxylation is 2. The van der Waals surface area contributed by atoms with E-state index in [-0.39, 0.29) is 11.9 Å². The quantitative estimate of drug-likeness (QED) is 0.784. The van der Waals surface area contributed by atoms with Gasteiger partial charge in [0.05, 0.1) is 28.9 Å². The molecule has 0 N–H and O–H groups in total. The zero-order chi connectivity index (χ0) is 15.4. The molecule has 1 aliphatic rings. The van der Waals surface area contributed by atoms with Crippen LogP contribution in [0.4, 0.5) is 0 Å². The average molecular weight is 314 g/mol. The fourth-order valence-electron chi connectivity index (χ4n) is 2.88. The molecule has 0 aliphatic carbocycles. The molecule has 1 unspecified atom stereocenters. The Labute approximate surface area is 131 Å². The molecule has 0 saturated carbocycles. The Morgan fingerprint density at radius 3 is 2.90 bits per heavy atom. The number of carbonyl (C=O) groups excluding carboxylic acids is 1. The number of esters is 1. The fourth-order valence-corrected chi connectivity index (χ4v) is 3.08. The van der Waals surface area contributed by atoms with Crippen LogP contribution in [0.5, 0.6) is 0 Å². The molecule has 1 atom stereocenters. The van der Waals surface area contributed by atoms with Gasteiger partial charge >= 0.3 is 5.97 Å². The van der Waals surface area contributed by atoms with Crippen LogP contribution < -0.4 is 0 Å². The summed E-state index contributed by atoms with van der Waals surface area (Å²) >= 11 is 6.36. The zero-order valence-corrected chi connectivity index (χ0v) is 13.8. The lowest BCUT2D eigenvalue weighted by atomic mass is 9.98. The van der Waals surface area contributed by atoms with E-state index in [0.29, 0.717) is 6.61 Å². The molecule has 0 spiro atoms. The van der Waals surface area contributed by atoms with Crippen LogP contribution >= 0.6 is 11.6 Å². The highest BCUT2D eigenvalue weighted by molar-refractivity contribution is 6.31. The predicted octanol–water partition coefficient (Wildman–Crippen LogP) is 2.64. The largest absolute Gasteiger partial charge is 0.466 e. The lowest BCUT2D eigenvalue weighted by Crippen LogP contribution is -2.39. The van der Waals surface area contributed by atoms with Crippen molar-refractivity contribution in [1.82, 2.24) is 14.7 Å². The predicted molar refractivity (Wildman–Crippen MR) is 82.3 cm³/mol. The molecule has 2 rings (SSSR count). The number of ether oxygens (including phenoxy) is 1. The minimum Gasteiger partial charge on any atom is -0.466 e. The summed E-state index contributed by atoms with van der Waals surface area (Å²) in [5, 5.41) is 5.19. The molecule has 0 radical (unpaired) electrons. The molecule has 0 amide bonds. The Morgan fingerprint density at radius 2 is 2.24 bits per heavy atom. The molecule has 1 saturated heterocycles. The third kappa shape index (κ3) is 3.77. The van der Waals surface area contributed by atoms with Crippen molar-refractivity contribution in [1.29, 1.82) is 0 Å². The molecule has 21 heavy (non-hydrogen) atoms. The Bertz CT molecular complexity index is 501. The summed E-state index contributed by atoms with van der Waals surface area (Å²) in [6, 6.07) is 0. The van der Waals surface area contributed by atoms with Crippen LogP contribution in [0.1, 0.15) is 38.1 Å². The van der Waals surface area contributed by atoms with Crippen LogP contribution in [-0.4, -0.2) is 40.3 Å². The smallest absolute Gasteiger partial charge is 0.310 e. The summed E-state index contributed by atoms with van der Waals surface area (Å²) in [5.74, 6) is -0.0925. The molecular weight excluding hydrogens is 290 g/mol. The summed E-state index contributed by atoms with van der Waals surface area (Å²) in [5.41, 5.74) is 1.91. The van der Waals surface area contributed by atoms with Gasteiger partial charge in [0, 0.05) is 19.6 Å². The number of hydrogen-bond donors (Lipinski definition) is 0. The van der Waals surface area contributed by atoms with E-state index in [1.54, 1.807) is 0 Å². The molecule has 0 bridgehead atoms. The van der Waals surface area contributed by atoms with Crippen molar-refractivity contribution < 1.29 is 9.53 Å². The van der Waals surface area contributed by atoms with Crippen LogP contribution in [0.3, 0.4) is 0 Å². The van der Waals surface area contributed by atoms with Gasteiger partial charge in [-0.15, -0.1) is 0 Å². The second kappa shape index (κ2) is 7.27. The summed E-state index contributed by atoms with van der Waals surface area (Å²) in [6.45, 7) is 9.55. The lowest BCUT2D eigenvalue weighted by Gasteiger charge is -2.31. The normalized spacial score (nSPS) is 19.7.